The minimum absolute atomic E-state index is 0.134. The molecule has 42 heavy (non-hydrogen) atoms. The number of nitrogens with one attached hydrogen (secondary N) is 2. The number of alkyl halides is 2. The molecule has 13 heteroatoms. The summed E-state index contributed by atoms with van der Waals surface area (Å²) in [6, 6.07) is 13.9. The summed E-state index contributed by atoms with van der Waals surface area (Å²) >= 11 is 0. The molecule has 1 aliphatic carbocycles. The van der Waals surface area contributed by atoms with E-state index in [9.17, 15) is 18.7 Å². The Bertz CT molecular complexity index is 1730. The molecular formula is C29H27F2N7O4. The molecule has 6 rings (SSSR count). The van der Waals surface area contributed by atoms with E-state index in [1.165, 1.54) is 33.6 Å². The van der Waals surface area contributed by atoms with Crippen molar-refractivity contribution in [3.8, 4) is 28.5 Å². The smallest absolute Gasteiger partial charge is 0.387 e. The average Bonchev–Trinajstić information content (AvgIpc) is 3.54. The van der Waals surface area contributed by atoms with Crippen molar-refractivity contribution in [2.24, 2.45) is 7.05 Å². The molecule has 0 atom stereocenters. The third kappa shape index (κ3) is 5.92. The van der Waals surface area contributed by atoms with Crippen LogP contribution in [0.4, 0.5) is 14.5 Å². The molecule has 11 nitrogen and oxygen atoms in total. The van der Waals surface area contributed by atoms with Gasteiger partial charge in [-0.2, -0.15) is 19.0 Å². The molecule has 0 unspecified atom stereocenters. The number of rotatable bonds is 10. The van der Waals surface area contributed by atoms with Crippen LogP contribution in [0.15, 0.2) is 73.3 Å². The maximum atomic E-state index is 13.4. The first-order valence-electron chi connectivity index (χ1n) is 13.2. The summed E-state index contributed by atoms with van der Waals surface area (Å²) in [7, 11) is 1.65. The van der Waals surface area contributed by atoms with E-state index in [4.69, 9.17) is 9.47 Å². The van der Waals surface area contributed by atoms with E-state index >= 15 is 0 Å². The Morgan fingerprint density at radius 1 is 1.17 bits per heavy atom. The molecule has 3 heterocycles. The molecule has 1 fully saturated rings. The third-order valence-electron chi connectivity index (χ3n) is 6.87. The molecule has 216 valence electrons. The van der Waals surface area contributed by atoms with Crippen LogP contribution in [-0.4, -0.2) is 54.1 Å². The number of benzene rings is 2. The van der Waals surface area contributed by atoms with Gasteiger partial charge in [0.25, 0.3) is 5.91 Å². The van der Waals surface area contributed by atoms with Crippen LogP contribution in [0.2, 0.25) is 0 Å². The fraction of sp³-hybridized carbons (Fsp3) is 0.241. The predicted molar refractivity (Wildman–Crippen MR) is 149 cm³/mol. The van der Waals surface area contributed by atoms with Crippen molar-refractivity contribution in [3.05, 3.63) is 84.4 Å². The Morgan fingerprint density at radius 3 is 2.81 bits per heavy atom. The number of amides is 1. The van der Waals surface area contributed by atoms with Crippen molar-refractivity contribution in [1.29, 1.82) is 0 Å². The van der Waals surface area contributed by atoms with Gasteiger partial charge >= 0.3 is 6.61 Å². The summed E-state index contributed by atoms with van der Waals surface area (Å²) in [6.45, 7) is -2.47. The molecule has 1 saturated carbocycles. The van der Waals surface area contributed by atoms with Gasteiger partial charge in [0, 0.05) is 38.2 Å². The third-order valence-corrected chi connectivity index (χ3v) is 6.87. The summed E-state index contributed by atoms with van der Waals surface area (Å²) in [5.41, 5.74) is 2.25. The van der Waals surface area contributed by atoms with Gasteiger partial charge in [-0.05, 0) is 54.8 Å². The summed E-state index contributed by atoms with van der Waals surface area (Å²) in [5, 5.41) is 24.3. The first-order valence-corrected chi connectivity index (χ1v) is 13.2. The van der Waals surface area contributed by atoms with E-state index in [0.29, 0.717) is 23.7 Å². The molecule has 3 aromatic heterocycles. The maximum Gasteiger partial charge on any atom is 0.387 e. The van der Waals surface area contributed by atoms with Gasteiger partial charge in [0.2, 0.25) is 0 Å². The molecule has 2 aromatic carbocycles. The predicted octanol–water partition coefficient (Wildman–Crippen LogP) is 4.39. The molecule has 0 radical (unpaired) electrons. The number of carbonyl (C=O) groups is 1. The normalized spacial score (nSPS) is 16.4. The van der Waals surface area contributed by atoms with E-state index in [0.717, 1.165) is 18.4 Å². The van der Waals surface area contributed by atoms with Crippen LogP contribution in [0, 0.1) is 0 Å². The van der Waals surface area contributed by atoms with Crippen molar-refractivity contribution < 1.29 is 28.2 Å². The molecular weight excluding hydrogens is 548 g/mol. The molecule has 3 N–H and O–H groups in total. The summed E-state index contributed by atoms with van der Waals surface area (Å²) in [4.78, 5) is 17.4. The lowest BCUT2D eigenvalue weighted by atomic mass is 9.89. The second-order valence-corrected chi connectivity index (χ2v) is 9.95. The molecule has 1 amide bonds. The number of aryl methyl sites for hydroxylation is 1. The zero-order chi connectivity index (χ0) is 29.2. The van der Waals surface area contributed by atoms with Crippen LogP contribution in [-0.2, 0) is 13.6 Å². The quantitative estimate of drug-likeness (QED) is 0.224. The van der Waals surface area contributed by atoms with E-state index in [1.807, 2.05) is 18.2 Å². The highest BCUT2D eigenvalue weighted by Crippen LogP contribution is 2.39. The molecule has 0 aliphatic heterocycles. The number of fused-ring (bicyclic) bond motifs is 1. The molecule has 0 spiro atoms. The number of aliphatic hydroxyl groups excluding tert-OH is 1. The zero-order valence-electron chi connectivity index (χ0n) is 22.4. The molecule has 0 saturated heterocycles. The van der Waals surface area contributed by atoms with E-state index in [-0.39, 0.29) is 40.4 Å². The maximum absolute atomic E-state index is 13.4. The van der Waals surface area contributed by atoms with Gasteiger partial charge in [0.15, 0.2) is 5.65 Å². The first-order chi connectivity index (χ1) is 20.3. The highest BCUT2D eigenvalue weighted by Gasteiger charge is 2.26. The number of nitrogens with zero attached hydrogens (tertiary/aromatic N) is 5. The second-order valence-electron chi connectivity index (χ2n) is 9.95. The first kappa shape index (κ1) is 27.3. The van der Waals surface area contributed by atoms with Crippen LogP contribution >= 0.6 is 0 Å². The summed E-state index contributed by atoms with van der Waals surface area (Å²) in [5.74, 6) is 0.272. The van der Waals surface area contributed by atoms with Crippen LogP contribution < -0.4 is 20.1 Å². The molecule has 0 bridgehead atoms. The fourth-order valence-electron chi connectivity index (χ4n) is 4.78. The highest BCUT2D eigenvalue weighted by atomic mass is 19.3. The zero-order valence-corrected chi connectivity index (χ0v) is 22.4. The number of ether oxygens (including phenoxy) is 2. The van der Waals surface area contributed by atoms with Gasteiger partial charge in [-0.1, -0.05) is 12.1 Å². The minimum atomic E-state index is -3.08. The Morgan fingerprint density at radius 2 is 2.00 bits per heavy atom. The number of carbonyl (C=O) groups excluding carboxylic acids is 1. The summed E-state index contributed by atoms with van der Waals surface area (Å²) in [6.07, 6.45) is 7.40. The Labute approximate surface area is 238 Å². The lowest BCUT2D eigenvalue weighted by molar-refractivity contribution is -0.0494. The number of hydrogen-bond acceptors (Lipinski definition) is 8. The van der Waals surface area contributed by atoms with Crippen LogP contribution in [0.5, 0.6) is 17.2 Å². The Hall–Kier alpha value is -4.88. The molecule has 5 aromatic rings. The van der Waals surface area contributed by atoms with Crippen molar-refractivity contribution in [3.63, 3.8) is 0 Å². The number of hydrogen-bond donors (Lipinski definition) is 3. The van der Waals surface area contributed by atoms with Gasteiger partial charge in [0.1, 0.15) is 28.5 Å². The Balaban J connectivity index is 1.27. The van der Waals surface area contributed by atoms with Gasteiger partial charge in [-0.3, -0.25) is 9.48 Å². The second kappa shape index (κ2) is 11.5. The van der Waals surface area contributed by atoms with Crippen LogP contribution in [0.1, 0.15) is 28.8 Å². The SMILES string of the molecule is Cn1cc(NC(=O)c2cnn3cccnc23)c(-c2cc(Oc3cccc(CNC4CC(O)C4)c3)ccc2OC(F)F)n1. The van der Waals surface area contributed by atoms with Gasteiger partial charge in [-0.15, -0.1) is 0 Å². The number of aromatic nitrogens is 5. The largest absolute Gasteiger partial charge is 0.457 e. The highest BCUT2D eigenvalue weighted by molar-refractivity contribution is 6.09. The standard InChI is InChI=1S/C29H27F2N7O4/c1-37-16-24(35-28(40)23-15-34-38-9-3-8-32-27(23)38)26(36-37)22-13-21(6-7-25(22)42-29(30)31)41-20-5-2-4-17(10-20)14-33-18-11-19(39)12-18/h2-10,13,15-16,18-19,29,33,39H,11-12,14H2,1H3,(H,35,40). The van der Waals surface area contributed by atoms with E-state index in [1.54, 1.807) is 37.8 Å². The number of anilines is 1. The van der Waals surface area contributed by atoms with Crippen LogP contribution in [0.25, 0.3) is 16.9 Å². The minimum Gasteiger partial charge on any atom is -0.457 e. The van der Waals surface area contributed by atoms with E-state index in [2.05, 4.69) is 25.8 Å². The number of aliphatic hydroxyl groups is 1. The van der Waals surface area contributed by atoms with Gasteiger partial charge in [0.05, 0.1) is 23.6 Å². The summed E-state index contributed by atoms with van der Waals surface area (Å²) < 4.78 is 40.5. The number of halogens is 2. The average molecular weight is 576 g/mol. The Kier molecular flexibility index (Phi) is 7.50. The van der Waals surface area contributed by atoms with Gasteiger partial charge in [-0.25, -0.2) is 9.50 Å². The molecule has 1 aliphatic rings. The van der Waals surface area contributed by atoms with Crippen LogP contribution in [0.3, 0.4) is 0 Å². The topological polar surface area (TPSA) is 128 Å². The van der Waals surface area contributed by atoms with E-state index < -0.39 is 12.5 Å². The fourth-order valence-corrected chi connectivity index (χ4v) is 4.78. The van der Waals surface area contributed by atoms with Crippen molar-refractivity contribution in [1.82, 2.24) is 29.7 Å². The lowest BCUT2D eigenvalue weighted by Gasteiger charge is -2.32. The monoisotopic (exact) mass is 575 g/mol. The van der Waals surface area contributed by atoms with Crippen molar-refractivity contribution in [2.45, 2.75) is 38.1 Å². The lowest BCUT2D eigenvalue weighted by Crippen LogP contribution is -2.43. The van der Waals surface area contributed by atoms with Crippen molar-refractivity contribution >= 4 is 17.2 Å². The van der Waals surface area contributed by atoms with Crippen molar-refractivity contribution in [2.75, 3.05) is 5.32 Å². The van der Waals surface area contributed by atoms with Gasteiger partial charge < -0.3 is 25.2 Å².